The fraction of sp³-hybridized carbons (Fsp3) is 0.500. The largest absolute Gasteiger partial charge is 0.495 e. The van der Waals surface area contributed by atoms with Crippen LogP contribution < -0.4 is 20.7 Å². The summed E-state index contributed by atoms with van der Waals surface area (Å²) in [5, 5.41) is 3.23. The third-order valence-corrected chi connectivity index (χ3v) is 6.20. The molecule has 0 spiro atoms. The lowest BCUT2D eigenvalue weighted by Gasteiger charge is -2.41. The van der Waals surface area contributed by atoms with Crippen molar-refractivity contribution in [3.63, 3.8) is 0 Å². The van der Waals surface area contributed by atoms with Crippen molar-refractivity contribution in [1.29, 1.82) is 0 Å². The minimum absolute atomic E-state index is 0.391. The third kappa shape index (κ3) is 4.73. The Morgan fingerprint density at radius 1 is 1.21 bits per heavy atom. The van der Waals surface area contributed by atoms with Gasteiger partial charge in [0.05, 0.1) is 30.5 Å². The van der Waals surface area contributed by atoms with Crippen LogP contribution in [-0.4, -0.2) is 67.4 Å². The predicted molar refractivity (Wildman–Crippen MR) is 118 cm³/mol. The number of nitrogens with one attached hydrogen (secondary N) is 1. The summed E-state index contributed by atoms with van der Waals surface area (Å²) in [6, 6.07) is 6.84. The van der Waals surface area contributed by atoms with Gasteiger partial charge in [0.1, 0.15) is 11.6 Å². The Morgan fingerprint density at radius 2 is 1.97 bits per heavy atom. The van der Waals surface area contributed by atoms with Gasteiger partial charge in [0.25, 0.3) is 0 Å². The number of piperidine rings is 1. The number of nitrogens with two attached hydrogens (primary N) is 1. The Kier molecular flexibility index (Phi) is 6.37. The van der Waals surface area contributed by atoms with E-state index in [2.05, 4.69) is 53.1 Å². The first kappa shape index (κ1) is 20.2. The van der Waals surface area contributed by atoms with Gasteiger partial charge < -0.3 is 25.4 Å². The number of ether oxygens (including phenoxy) is 2. The molecule has 2 saturated heterocycles. The van der Waals surface area contributed by atoms with Crippen molar-refractivity contribution in [2.24, 2.45) is 0 Å². The normalized spacial score (nSPS) is 18.6. The monoisotopic (exact) mass is 462 g/mol. The van der Waals surface area contributed by atoms with Gasteiger partial charge in [0.15, 0.2) is 0 Å². The van der Waals surface area contributed by atoms with Crippen LogP contribution in [-0.2, 0) is 4.74 Å². The zero-order chi connectivity index (χ0) is 20.2. The van der Waals surface area contributed by atoms with Gasteiger partial charge in [-0.05, 0) is 47.0 Å². The van der Waals surface area contributed by atoms with Crippen molar-refractivity contribution in [1.82, 2.24) is 14.9 Å². The molecule has 2 aliphatic heterocycles. The summed E-state index contributed by atoms with van der Waals surface area (Å²) in [7, 11) is 1.66. The second-order valence-electron chi connectivity index (χ2n) is 7.30. The summed E-state index contributed by atoms with van der Waals surface area (Å²) >= 11 is 3.32. The molecule has 1 aromatic heterocycles. The average molecular weight is 463 g/mol. The highest BCUT2D eigenvalue weighted by molar-refractivity contribution is 9.10. The molecule has 8 nitrogen and oxygen atoms in total. The number of halogens is 1. The topological polar surface area (TPSA) is 88.8 Å². The van der Waals surface area contributed by atoms with E-state index in [1.807, 2.05) is 6.07 Å². The first-order valence-electron chi connectivity index (χ1n) is 9.94. The molecule has 4 rings (SSSR count). The van der Waals surface area contributed by atoms with Crippen LogP contribution in [0, 0.1) is 0 Å². The minimum Gasteiger partial charge on any atom is -0.495 e. The zero-order valence-corrected chi connectivity index (χ0v) is 18.2. The molecule has 2 fully saturated rings. The average Bonchev–Trinajstić information content (AvgIpc) is 2.77. The summed E-state index contributed by atoms with van der Waals surface area (Å²) in [6.45, 7) is 5.90. The lowest BCUT2D eigenvalue weighted by molar-refractivity contribution is 0.0115. The number of hydrogen-bond acceptors (Lipinski definition) is 8. The number of benzene rings is 1. The zero-order valence-electron chi connectivity index (χ0n) is 16.6. The van der Waals surface area contributed by atoms with Crippen molar-refractivity contribution in [3.05, 3.63) is 28.9 Å². The van der Waals surface area contributed by atoms with Crippen molar-refractivity contribution in [3.8, 4) is 5.75 Å². The molecule has 29 heavy (non-hydrogen) atoms. The molecule has 3 N–H and O–H groups in total. The Bertz CT molecular complexity index is 838. The molecule has 9 heteroatoms. The number of aromatic nitrogens is 2. The van der Waals surface area contributed by atoms with E-state index in [9.17, 15) is 0 Å². The number of hydrogen-bond donors (Lipinski definition) is 2. The molecule has 2 aliphatic rings. The molecule has 156 valence electrons. The SMILES string of the molecule is COc1ccc(N2CCC(N3CCOCC3)CC2)cc1Nc1ncc(Br)c(N)n1. The maximum Gasteiger partial charge on any atom is 0.229 e. The third-order valence-electron chi connectivity index (χ3n) is 5.59. The van der Waals surface area contributed by atoms with Crippen LogP contribution in [0.5, 0.6) is 5.75 Å². The smallest absolute Gasteiger partial charge is 0.229 e. The van der Waals surface area contributed by atoms with Crippen LogP contribution in [0.3, 0.4) is 0 Å². The van der Waals surface area contributed by atoms with Crippen LogP contribution in [0.15, 0.2) is 28.9 Å². The number of nitrogen functional groups attached to an aromatic ring is 1. The molecule has 2 aromatic rings. The molecular formula is C20H27BrN6O2. The van der Waals surface area contributed by atoms with Gasteiger partial charge in [-0.15, -0.1) is 0 Å². The Balaban J connectivity index is 1.45. The molecule has 3 heterocycles. The Morgan fingerprint density at radius 3 is 2.66 bits per heavy atom. The van der Waals surface area contributed by atoms with Gasteiger partial charge in [-0.25, -0.2) is 4.98 Å². The lowest BCUT2D eigenvalue weighted by Crippen LogP contribution is -2.49. The fourth-order valence-corrected chi connectivity index (χ4v) is 4.17. The van der Waals surface area contributed by atoms with Crippen LogP contribution in [0.1, 0.15) is 12.8 Å². The van der Waals surface area contributed by atoms with Crippen molar-refractivity contribution in [2.45, 2.75) is 18.9 Å². The Labute approximate surface area is 179 Å². The molecule has 0 radical (unpaired) electrons. The van der Waals surface area contributed by atoms with E-state index in [0.717, 1.165) is 50.8 Å². The Hall–Kier alpha value is -2.10. The van der Waals surface area contributed by atoms with Gasteiger partial charge in [-0.3, -0.25) is 4.90 Å². The van der Waals surface area contributed by atoms with E-state index < -0.39 is 0 Å². The lowest BCUT2D eigenvalue weighted by atomic mass is 10.0. The van der Waals surface area contributed by atoms with Gasteiger partial charge in [0, 0.05) is 44.1 Å². The molecule has 0 saturated carbocycles. The quantitative estimate of drug-likeness (QED) is 0.700. The maximum atomic E-state index is 5.88. The number of morpholine rings is 1. The van der Waals surface area contributed by atoms with Gasteiger partial charge in [-0.2, -0.15) is 4.98 Å². The first-order valence-corrected chi connectivity index (χ1v) is 10.7. The van der Waals surface area contributed by atoms with Crippen LogP contribution in [0.25, 0.3) is 0 Å². The van der Waals surface area contributed by atoms with E-state index >= 15 is 0 Å². The summed E-state index contributed by atoms with van der Waals surface area (Å²) in [4.78, 5) is 13.6. The highest BCUT2D eigenvalue weighted by Crippen LogP contribution is 2.33. The molecule has 0 unspecified atom stereocenters. The van der Waals surface area contributed by atoms with Crippen LogP contribution in [0.2, 0.25) is 0 Å². The molecule has 0 bridgehead atoms. The molecule has 0 atom stereocenters. The van der Waals surface area contributed by atoms with Crippen molar-refractivity contribution < 1.29 is 9.47 Å². The fourth-order valence-electron chi connectivity index (χ4n) is 3.98. The highest BCUT2D eigenvalue weighted by atomic mass is 79.9. The van der Waals surface area contributed by atoms with Gasteiger partial charge in [-0.1, -0.05) is 0 Å². The summed E-state index contributed by atoms with van der Waals surface area (Å²) in [5.41, 5.74) is 7.86. The molecule has 1 aromatic carbocycles. The van der Waals surface area contributed by atoms with E-state index in [4.69, 9.17) is 15.2 Å². The number of nitrogens with zero attached hydrogens (tertiary/aromatic N) is 4. The predicted octanol–water partition coefficient (Wildman–Crippen LogP) is 2.87. The maximum absolute atomic E-state index is 5.88. The van der Waals surface area contributed by atoms with Crippen LogP contribution in [0.4, 0.5) is 23.1 Å². The second kappa shape index (κ2) is 9.15. The number of rotatable bonds is 5. The van der Waals surface area contributed by atoms with Crippen molar-refractivity contribution >= 4 is 39.1 Å². The van der Waals surface area contributed by atoms with Crippen LogP contribution >= 0.6 is 15.9 Å². The van der Waals surface area contributed by atoms with Gasteiger partial charge >= 0.3 is 0 Å². The van der Waals surface area contributed by atoms with Gasteiger partial charge in [0.2, 0.25) is 5.95 Å². The summed E-state index contributed by atoms with van der Waals surface area (Å²) in [5.74, 6) is 1.57. The number of anilines is 4. The highest BCUT2D eigenvalue weighted by Gasteiger charge is 2.26. The van der Waals surface area contributed by atoms with E-state index in [1.165, 1.54) is 18.5 Å². The minimum atomic E-state index is 0.391. The first-order chi connectivity index (χ1) is 14.1. The summed E-state index contributed by atoms with van der Waals surface area (Å²) < 4.78 is 11.7. The van der Waals surface area contributed by atoms with Crippen molar-refractivity contribution in [2.75, 3.05) is 62.5 Å². The van der Waals surface area contributed by atoms with E-state index in [0.29, 0.717) is 22.3 Å². The molecule has 0 aliphatic carbocycles. The van der Waals surface area contributed by atoms with E-state index in [1.54, 1.807) is 13.3 Å². The summed E-state index contributed by atoms with van der Waals surface area (Å²) in [6.07, 6.45) is 3.97. The van der Waals surface area contributed by atoms with E-state index in [-0.39, 0.29) is 0 Å². The number of methoxy groups -OCH3 is 1. The standard InChI is InChI=1S/C20H27BrN6O2/c1-28-18-3-2-15(12-17(18)24-20-23-13-16(21)19(22)25-20)26-6-4-14(5-7-26)27-8-10-29-11-9-27/h2-3,12-14H,4-11H2,1H3,(H3,22,23,24,25). The second-order valence-corrected chi connectivity index (χ2v) is 8.16. The molecule has 0 amide bonds. The molecular weight excluding hydrogens is 436 g/mol.